The number of hydrogen-bond donors (Lipinski definition) is 0. The van der Waals surface area contributed by atoms with E-state index in [0.717, 1.165) is 6.07 Å². The van der Waals surface area contributed by atoms with Gasteiger partial charge in [0, 0.05) is 18.7 Å². The zero-order valence-electron chi connectivity index (χ0n) is 10.3. The van der Waals surface area contributed by atoms with Crippen LogP contribution in [0.4, 0.5) is 10.1 Å². The summed E-state index contributed by atoms with van der Waals surface area (Å²) in [5.41, 5.74) is 0.387. The van der Waals surface area contributed by atoms with Crippen molar-refractivity contribution in [3.63, 3.8) is 0 Å². The standard InChI is InChI=1S/C12H11BrFNO4/c1-18-9(19-2)5-15-10-7(11(16)12(15)17)3-6(14)4-8(10)13/h3-4,9H,5H2,1-2H3. The number of fused-ring (bicyclic) bond motifs is 1. The summed E-state index contributed by atoms with van der Waals surface area (Å²) in [4.78, 5) is 24.9. The lowest BCUT2D eigenvalue weighted by Crippen LogP contribution is -2.38. The minimum Gasteiger partial charge on any atom is -0.354 e. The first-order valence-corrected chi connectivity index (χ1v) is 6.19. The molecule has 0 saturated heterocycles. The maximum absolute atomic E-state index is 13.3. The lowest BCUT2D eigenvalue weighted by Gasteiger charge is -2.22. The summed E-state index contributed by atoms with van der Waals surface area (Å²) in [6.45, 7) is 0.0504. The highest BCUT2D eigenvalue weighted by molar-refractivity contribution is 9.10. The van der Waals surface area contributed by atoms with E-state index < -0.39 is 23.8 Å². The number of Topliss-reactive ketones (excluding diaryl/α,β-unsaturated/α-hetero) is 1. The predicted molar refractivity (Wildman–Crippen MR) is 68.6 cm³/mol. The van der Waals surface area contributed by atoms with Crippen molar-refractivity contribution in [1.29, 1.82) is 0 Å². The van der Waals surface area contributed by atoms with Crippen LogP contribution in [0.15, 0.2) is 16.6 Å². The van der Waals surface area contributed by atoms with E-state index in [0.29, 0.717) is 10.2 Å². The predicted octanol–water partition coefficient (Wildman–Crippen LogP) is 1.74. The molecule has 0 spiro atoms. The van der Waals surface area contributed by atoms with Crippen molar-refractivity contribution in [2.45, 2.75) is 6.29 Å². The molecule has 0 aliphatic carbocycles. The summed E-state index contributed by atoms with van der Waals surface area (Å²) in [7, 11) is 2.86. The molecule has 1 aliphatic heterocycles. The van der Waals surface area contributed by atoms with Gasteiger partial charge in [0.2, 0.25) is 0 Å². The molecule has 0 unspecified atom stereocenters. The van der Waals surface area contributed by atoms with Crippen molar-refractivity contribution in [1.82, 2.24) is 0 Å². The number of ketones is 1. The molecule has 0 aromatic heterocycles. The second kappa shape index (κ2) is 5.36. The van der Waals surface area contributed by atoms with Gasteiger partial charge in [0.05, 0.1) is 17.8 Å². The number of amides is 1. The summed E-state index contributed by atoms with van der Waals surface area (Å²) in [6.07, 6.45) is -0.667. The van der Waals surface area contributed by atoms with E-state index in [9.17, 15) is 14.0 Å². The Morgan fingerprint density at radius 1 is 1.32 bits per heavy atom. The smallest absolute Gasteiger partial charge is 0.299 e. The van der Waals surface area contributed by atoms with Gasteiger partial charge in [0.1, 0.15) is 5.82 Å². The van der Waals surface area contributed by atoms with Crippen LogP contribution in [0.5, 0.6) is 0 Å². The third-order valence-electron chi connectivity index (χ3n) is 2.84. The zero-order valence-corrected chi connectivity index (χ0v) is 11.9. The molecule has 0 radical (unpaired) electrons. The molecule has 1 aromatic carbocycles. The summed E-state index contributed by atoms with van der Waals surface area (Å²) < 4.78 is 23.6. The highest BCUT2D eigenvalue weighted by Gasteiger charge is 2.39. The topological polar surface area (TPSA) is 55.8 Å². The largest absolute Gasteiger partial charge is 0.354 e. The lowest BCUT2D eigenvalue weighted by atomic mass is 10.1. The number of hydrogen-bond acceptors (Lipinski definition) is 4. The average Bonchev–Trinajstić information content (AvgIpc) is 2.61. The molecule has 0 atom stereocenters. The maximum Gasteiger partial charge on any atom is 0.299 e. The fraction of sp³-hybridized carbons (Fsp3) is 0.333. The number of nitrogens with zero attached hydrogens (tertiary/aromatic N) is 1. The normalized spacial score (nSPS) is 14.5. The van der Waals surface area contributed by atoms with E-state index in [1.165, 1.54) is 25.2 Å². The van der Waals surface area contributed by atoms with Crippen LogP contribution in [-0.2, 0) is 14.3 Å². The van der Waals surface area contributed by atoms with Gasteiger partial charge in [-0.2, -0.15) is 0 Å². The maximum atomic E-state index is 13.3. The molecule has 0 bridgehead atoms. The van der Waals surface area contributed by atoms with E-state index in [1.807, 2.05) is 0 Å². The van der Waals surface area contributed by atoms with Crippen LogP contribution >= 0.6 is 15.9 Å². The molecule has 5 nitrogen and oxygen atoms in total. The molecular formula is C12H11BrFNO4. The van der Waals surface area contributed by atoms with Gasteiger partial charge in [-0.3, -0.25) is 14.5 Å². The molecule has 2 rings (SSSR count). The Morgan fingerprint density at radius 2 is 1.95 bits per heavy atom. The van der Waals surface area contributed by atoms with E-state index >= 15 is 0 Å². The number of anilines is 1. The molecule has 102 valence electrons. The molecule has 7 heteroatoms. The van der Waals surface area contributed by atoms with E-state index in [2.05, 4.69) is 15.9 Å². The summed E-state index contributed by atoms with van der Waals surface area (Å²) >= 11 is 3.16. The minimum absolute atomic E-state index is 0.0443. The van der Waals surface area contributed by atoms with Crippen LogP contribution in [0, 0.1) is 5.82 Å². The number of benzene rings is 1. The molecular weight excluding hydrogens is 321 g/mol. The molecule has 0 fully saturated rings. The van der Waals surface area contributed by atoms with Gasteiger partial charge in [0.15, 0.2) is 6.29 Å². The summed E-state index contributed by atoms with van der Waals surface area (Å²) in [6, 6.07) is 2.25. The first-order chi connectivity index (χ1) is 8.99. The second-order valence-corrected chi connectivity index (χ2v) is 4.78. The van der Waals surface area contributed by atoms with Gasteiger partial charge in [-0.15, -0.1) is 0 Å². The Kier molecular flexibility index (Phi) is 3.98. The SMILES string of the molecule is COC(CN1C(=O)C(=O)c2cc(F)cc(Br)c21)OC. The zero-order chi connectivity index (χ0) is 14.2. The van der Waals surface area contributed by atoms with Crippen molar-refractivity contribution in [2.24, 2.45) is 0 Å². The van der Waals surface area contributed by atoms with Crippen LogP contribution in [0.3, 0.4) is 0 Å². The Balaban J connectivity index is 2.44. The van der Waals surface area contributed by atoms with Crippen molar-refractivity contribution in [2.75, 3.05) is 25.7 Å². The van der Waals surface area contributed by atoms with E-state index in [1.54, 1.807) is 0 Å². The lowest BCUT2D eigenvalue weighted by molar-refractivity contribution is -0.119. The van der Waals surface area contributed by atoms with E-state index in [-0.39, 0.29) is 12.1 Å². The molecule has 1 aliphatic rings. The monoisotopic (exact) mass is 331 g/mol. The van der Waals surface area contributed by atoms with Crippen molar-refractivity contribution in [3.05, 3.63) is 28.0 Å². The second-order valence-electron chi connectivity index (χ2n) is 3.93. The number of carbonyl (C=O) groups excluding carboxylic acids is 2. The van der Waals surface area contributed by atoms with Crippen LogP contribution < -0.4 is 4.90 Å². The van der Waals surface area contributed by atoms with Gasteiger partial charge in [-0.05, 0) is 28.1 Å². The molecule has 1 aromatic rings. The van der Waals surface area contributed by atoms with Crippen molar-refractivity contribution in [3.8, 4) is 0 Å². The van der Waals surface area contributed by atoms with E-state index in [4.69, 9.17) is 9.47 Å². The summed E-state index contributed by atoms with van der Waals surface area (Å²) in [5.74, 6) is -2.04. The fourth-order valence-corrected chi connectivity index (χ4v) is 2.57. The Hall–Kier alpha value is -1.31. The highest BCUT2D eigenvalue weighted by Crippen LogP contribution is 2.37. The van der Waals surface area contributed by atoms with Crippen LogP contribution in [0.2, 0.25) is 0 Å². The first kappa shape index (κ1) is 14.1. The van der Waals surface area contributed by atoms with Crippen LogP contribution in [0.25, 0.3) is 0 Å². The van der Waals surface area contributed by atoms with Crippen molar-refractivity contribution < 1.29 is 23.5 Å². The molecule has 1 heterocycles. The van der Waals surface area contributed by atoms with Crippen LogP contribution in [0.1, 0.15) is 10.4 Å². The third kappa shape index (κ3) is 2.41. The number of rotatable bonds is 4. The highest BCUT2D eigenvalue weighted by atomic mass is 79.9. The third-order valence-corrected chi connectivity index (χ3v) is 3.44. The number of halogens is 2. The van der Waals surface area contributed by atoms with Crippen LogP contribution in [-0.4, -0.2) is 38.7 Å². The first-order valence-electron chi connectivity index (χ1n) is 5.40. The molecule has 1 amide bonds. The number of ether oxygens (including phenoxy) is 2. The van der Waals surface area contributed by atoms with Gasteiger partial charge >= 0.3 is 0 Å². The van der Waals surface area contributed by atoms with Gasteiger partial charge in [-0.1, -0.05) is 0 Å². The number of carbonyl (C=O) groups is 2. The molecule has 0 N–H and O–H groups in total. The van der Waals surface area contributed by atoms with Gasteiger partial charge in [0.25, 0.3) is 11.7 Å². The summed E-state index contributed by atoms with van der Waals surface area (Å²) in [5, 5.41) is 0. The number of methoxy groups -OCH3 is 2. The van der Waals surface area contributed by atoms with Gasteiger partial charge in [-0.25, -0.2) is 4.39 Å². The Morgan fingerprint density at radius 3 is 2.53 bits per heavy atom. The fourth-order valence-electron chi connectivity index (χ4n) is 1.92. The Labute approximate surface area is 117 Å². The molecule has 19 heavy (non-hydrogen) atoms. The average molecular weight is 332 g/mol. The molecule has 0 saturated carbocycles. The quantitative estimate of drug-likeness (QED) is 0.623. The van der Waals surface area contributed by atoms with Crippen molar-refractivity contribution >= 4 is 33.3 Å². The Bertz CT molecular complexity index is 545. The van der Waals surface area contributed by atoms with Gasteiger partial charge < -0.3 is 9.47 Å². The minimum atomic E-state index is -0.735.